The van der Waals surface area contributed by atoms with E-state index in [1.165, 1.54) is 17.2 Å². The lowest BCUT2D eigenvalue weighted by Crippen LogP contribution is -2.60. The van der Waals surface area contributed by atoms with Crippen molar-refractivity contribution in [2.75, 3.05) is 32.7 Å². The van der Waals surface area contributed by atoms with Gasteiger partial charge in [-0.1, -0.05) is 30.3 Å². The van der Waals surface area contributed by atoms with Crippen molar-refractivity contribution in [1.82, 2.24) is 15.1 Å². The summed E-state index contributed by atoms with van der Waals surface area (Å²) in [5.74, 6) is -0.0774. The molecule has 1 amide bonds. The first-order chi connectivity index (χ1) is 14.7. The van der Waals surface area contributed by atoms with E-state index in [0.29, 0.717) is 25.9 Å². The number of benzene rings is 1. The molecular weight excluding hydrogens is 411 g/mol. The lowest BCUT2D eigenvalue weighted by Gasteiger charge is -2.50. The molecule has 31 heavy (non-hydrogen) atoms. The van der Waals surface area contributed by atoms with Crippen LogP contribution in [0.25, 0.3) is 0 Å². The molecule has 4 rings (SSSR count). The molecule has 0 aromatic heterocycles. The Morgan fingerprint density at radius 3 is 2.55 bits per heavy atom. The number of nitrogens with zero attached hydrogens (tertiary/aromatic N) is 2. The summed E-state index contributed by atoms with van der Waals surface area (Å²) < 4.78 is 45.9. The second-order valence-corrected chi connectivity index (χ2v) is 8.38. The van der Waals surface area contributed by atoms with Gasteiger partial charge < -0.3 is 20.1 Å². The van der Waals surface area contributed by atoms with Crippen LogP contribution in [-0.2, 0) is 9.53 Å². The van der Waals surface area contributed by atoms with Crippen molar-refractivity contribution < 1.29 is 27.8 Å². The van der Waals surface area contributed by atoms with Crippen LogP contribution in [0.3, 0.4) is 0 Å². The van der Waals surface area contributed by atoms with Crippen LogP contribution in [-0.4, -0.2) is 71.4 Å². The zero-order valence-electron chi connectivity index (χ0n) is 17.0. The number of rotatable bonds is 3. The highest BCUT2D eigenvalue weighted by Gasteiger charge is 2.46. The fourth-order valence-electron chi connectivity index (χ4n) is 4.53. The van der Waals surface area contributed by atoms with Gasteiger partial charge in [0.15, 0.2) is 0 Å². The number of nitrogens with one attached hydrogen (secondary N) is 1. The van der Waals surface area contributed by atoms with Gasteiger partial charge in [0.25, 0.3) is 0 Å². The minimum absolute atomic E-state index is 0.0500. The van der Waals surface area contributed by atoms with Gasteiger partial charge in [0.2, 0.25) is 5.91 Å². The molecule has 0 aliphatic carbocycles. The van der Waals surface area contributed by atoms with Gasteiger partial charge >= 0.3 is 6.18 Å². The maximum Gasteiger partial charge on any atom is 0.401 e. The van der Waals surface area contributed by atoms with Crippen LogP contribution >= 0.6 is 0 Å². The van der Waals surface area contributed by atoms with Crippen molar-refractivity contribution in [3.63, 3.8) is 0 Å². The number of amides is 1. The third kappa shape index (κ3) is 5.22. The number of halogens is 3. The molecule has 1 aromatic rings. The summed E-state index contributed by atoms with van der Waals surface area (Å²) >= 11 is 0. The Hall–Kier alpha value is -2.52. The second-order valence-electron chi connectivity index (χ2n) is 8.38. The molecule has 2 N–H and O–H groups in total. The van der Waals surface area contributed by atoms with E-state index in [2.05, 4.69) is 5.32 Å². The summed E-state index contributed by atoms with van der Waals surface area (Å²) in [5.41, 5.74) is 0.129. The van der Waals surface area contributed by atoms with E-state index < -0.39 is 30.5 Å². The zero-order valence-corrected chi connectivity index (χ0v) is 17.0. The molecule has 2 saturated heterocycles. The van der Waals surface area contributed by atoms with Gasteiger partial charge in [-0.2, -0.15) is 13.2 Å². The summed E-state index contributed by atoms with van der Waals surface area (Å²) in [7, 11) is 0. The number of ether oxygens (including phenoxy) is 1. The number of morpholine rings is 1. The molecule has 1 spiro atoms. The first-order valence-electron chi connectivity index (χ1n) is 10.4. The molecule has 3 aliphatic heterocycles. The quantitative estimate of drug-likeness (QED) is 0.762. The molecule has 6 nitrogen and oxygen atoms in total. The lowest BCUT2D eigenvalue weighted by molar-refractivity contribution is -0.207. The van der Waals surface area contributed by atoms with Crippen molar-refractivity contribution in [1.29, 1.82) is 0 Å². The monoisotopic (exact) mass is 437 g/mol. The van der Waals surface area contributed by atoms with Crippen molar-refractivity contribution in [3.05, 3.63) is 60.0 Å². The molecule has 2 atom stereocenters. The summed E-state index contributed by atoms with van der Waals surface area (Å²) in [5, 5.41) is 12.2. The van der Waals surface area contributed by atoms with Crippen molar-refractivity contribution in [2.45, 2.75) is 36.8 Å². The molecule has 9 heteroatoms. The highest BCUT2D eigenvalue weighted by molar-refractivity contribution is 5.84. The van der Waals surface area contributed by atoms with Crippen LogP contribution in [0.2, 0.25) is 0 Å². The molecule has 3 aliphatic rings. The summed E-state index contributed by atoms with van der Waals surface area (Å²) in [6.45, 7) is 0.205. The number of dihydropyridines is 1. The van der Waals surface area contributed by atoms with E-state index >= 15 is 0 Å². The Bertz CT molecular complexity index is 849. The molecule has 0 bridgehead atoms. The largest absolute Gasteiger partial charge is 0.506 e. The Labute approximate surface area is 179 Å². The van der Waals surface area contributed by atoms with Crippen LogP contribution in [0.5, 0.6) is 0 Å². The average molecular weight is 437 g/mol. The highest BCUT2D eigenvalue weighted by Crippen LogP contribution is 2.38. The van der Waals surface area contributed by atoms with Crippen LogP contribution in [0.1, 0.15) is 24.5 Å². The first kappa shape index (κ1) is 21.7. The first-order valence-corrected chi connectivity index (χ1v) is 10.4. The SMILES string of the molecule is O=C(C1C=CC(O)=CN1)N1CCC2(CC1)CN(CC(F)(F)F)CC(c1ccccc1)O2. The van der Waals surface area contributed by atoms with E-state index in [-0.39, 0.29) is 24.8 Å². The lowest BCUT2D eigenvalue weighted by atomic mass is 9.87. The van der Waals surface area contributed by atoms with Gasteiger partial charge in [-0.3, -0.25) is 9.69 Å². The zero-order chi connectivity index (χ0) is 22.1. The number of aliphatic hydroxyl groups excluding tert-OH is 1. The second kappa shape index (κ2) is 8.55. The van der Waals surface area contributed by atoms with Gasteiger partial charge in [-0.25, -0.2) is 0 Å². The minimum atomic E-state index is -4.28. The molecule has 3 heterocycles. The van der Waals surface area contributed by atoms with Crippen molar-refractivity contribution in [3.8, 4) is 0 Å². The van der Waals surface area contributed by atoms with Gasteiger partial charge in [-0.15, -0.1) is 0 Å². The maximum atomic E-state index is 13.2. The van der Waals surface area contributed by atoms with Crippen LogP contribution in [0, 0.1) is 0 Å². The number of hydrogen-bond donors (Lipinski definition) is 2. The Morgan fingerprint density at radius 1 is 1.23 bits per heavy atom. The number of alkyl halides is 3. The van der Waals surface area contributed by atoms with E-state index in [9.17, 15) is 23.1 Å². The topological polar surface area (TPSA) is 65.0 Å². The number of hydrogen-bond acceptors (Lipinski definition) is 5. The van der Waals surface area contributed by atoms with Crippen LogP contribution in [0.4, 0.5) is 13.2 Å². The van der Waals surface area contributed by atoms with Crippen LogP contribution < -0.4 is 5.32 Å². The highest BCUT2D eigenvalue weighted by atomic mass is 19.4. The number of allylic oxidation sites excluding steroid dienone is 1. The summed E-state index contributed by atoms with van der Waals surface area (Å²) in [6, 6.07) is 8.76. The minimum Gasteiger partial charge on any atom is -0.506 e. The van der Waals surface area contributed by atoms with Gasteiger partial charge in [0.1, 0.15) is 11.8 Å². The maximum absolute atomic E-state index is 13.2. The van der Waals surface area contributed by atoms with Crippen molar-refractivity contribution >= 4 is 5.91 Å². The fraction of sp³-hybridized carbons (Fsp3) is 0.500. The Kier molecular flexibility index (Phi) is 5.98. The molecule has 2 unspecified atom stereocenters. The summed E-state index contributed by atoms with van der Waals surface area (Å²) in [6.07, 6.45) is 0.633. The number of carbonyl (C=O) groups excluding carboxylic acids is 1. The third-order valence-corrected chi connectivity index (χ3v) is 6.02. The Balaban J connectivity index is 1.45. The van der Waals surface area contributed by atoms with Gasteiger partial charge in [-0.05, 0) is 30.6 Å². The molecular formula is C22H26F3N3O3. The predicted octanol–water partition coefficient (Wildman–Crippen LogP) is 2.91. The normalized spacial score (nSPS) is 26.4. The molecule has 2 fully saturated rings. The standard InChI is InChI=1S/C22H26F3N3O3/c23-22(24,25)15-27-13-19(16-4-2-1-3-5-16)31-21(14-27)8-10-28(11-9-21)20(30)18-7-6-17(29)12-26-18/h1-7,12,18-19,26,29H,8-11,13-15H2. The molecule has 168 valence electrons. The summed E-state index contributed by atoms with van der Waals surface area (Å²) in [4.78, 5) is 15.9. The third-order valence-electron chi connectivity index (χ3n) is 6.02. The number of aliphatic hydroxyl groups is 1. The average Bonchev–Trinajstić information content (AvgIpc) is 2.73. The number of likely N-dealkylation sites (tertiary alicyclic amines) is 1. The Morgan fingerprint density at radius 2 is 1.94 bits per heavy atom. The fourth-order valence-corrected chi connectivity index (χ4v) is 4.53. The number of carbonyl (C=O) groups is 1. The van der Waals surface area contributed by atoms with E-state index in [4.69, 9.17) is 4.74 Å². The van der Waals surface area contributed by atoms with Crippen LogP contribution in [0.15, 0.2) is 54.4 Å². The molecule has 0 radical (unpaired) electrons. The predicted molar refractivity (Wildman–Crippen MR) is 108 cm³/mol. The van der Waals surface area contributed by atoms with Gasteiger partial charge in [0.05, 0.1) is 18.2 Å². The molecule has 0 saturated carbocycles. The molecule has 1 aromatic carbocycles. The van der Waals surface area contributed by atoms with E-state index in [1.807, 2.05) is 30.3 Å². The van der Waals surface area contributed by atoms with Crippen molar-refractivity contribution in [2.24, 2.45) is 0 Å². The van der Waals surface area contributed by atoms with E-state index in [0.717, 1.165) is 5.56 Å². The van der Waals surface area contributed by atoms with E-state index in [1.54, 1.807) is 11.0 Å². The number of piperidine rings is 1. The smallest absolute Gasteiger partial charge is 0.401 e. The van der Waals surface area contributed by atoms with Gasteiger partial charge in [0, 0.05) is 32.4 Å².